The first-order valence-corrected chi connectivity index (χ1v) is 10.7. The smallest absolute Gasteiger partial charge is 0.255 e. The molecule has 3 rings (SSSR count). The second-order valence-electron chi connectivity index (χ2n) is 7.54. The Morgan fingerprint density at radius 1 is 0.875 bits per heavy atom. The van der Waals surface area contributed by atoms with E-state index in [1.54, 1.807) is 41.3 Å². The lowest BCUT2D eigenvalue weighted by Crippen LogP contribution is -2.40. The maximum Gasteiger partial charge on any atom is 0.255 e. The van der Waals surface area contributed by atoms with Crippen LogP contribution >= 0.6 is 0 Å². The highest BCUT2D eigenvalue weighted by Crippen LogP contribution is 2.19. The summed E-state index contributed by atoms with van der Waals surface area (Å²) in [5.41, 5.74) is 2.87. The van der Waals surface area contributed by atoms with Gasteiger partial charge in [0.15, 0.2) is 0 Å². The molecule has 2 amide bonds. The van der Waals surface area contributed by atoms with Gasteiger partial charge < -0.3 is 20.3 Å². The molecule has 6 heteroatoms. The Hall–Kier alpha value is -3.80. The van der Waals surface area contributed by atoms with Gasteiger partial charge in [-0.2, -0.15) is 0 Å². The van der Waals surface area contributed by atoms with Gasteiger partial charge in [0.25, 0.3) is 5.91 Å². The Morgan fingerprint density at radius 2 is 1.50 bits per heavy atom. The molecule has 6 nitrogen and oxygen atoms in total. The van der Waals surface area contributed by atoms with E-state index in [4.69, 9.17) is 4.74 Å². The Morgan fingerprint density at radius 3 is 2.09 bits per heavy atom. The number of hydrogen-bond donors (Lipinski definition) is 2. The second-order valence-corrected chi connectivity index (χ2v) is 7.54. The Balaban J connectivity index is 1.57. The SMILES string of the molecule is CCOc1ccc(NC(=O)c2ccc(NCC(=O)N(c3ccccc3)C(C)C)cc2)cc1. The molecule has 0 aliphatic rings. The molecule has 2 N–H and O–H groups in total. The molecule has 3 aromatic carbocycles. The largest absolute Gasteiger partial charge is 0.494 e. The average Bonchev–Trinajstić information content (AvgIpc) is 2.80. The van der Waals surface area contributed by atoms with Crippen LogP contribution in [0.2, 0.25) is 0 Å². The average molecular weight is 432 g/mol. The molecule has 0 aliphatic heterocycles. The van der Waals surface area contributed by atoms with Crippen molar-refractivity contribution >= 4 is 28.9 Å². The van der Waals surface area contributed by atoms with Crippen LogP contribution in [0.1, 0.15) is 31.1 Å². The Kier molecular flexibility index (Phi) is 7.86. The molecule has 0 spiro atoms. The molecule has 0 radical (unpaired) electrons. The molecule has 0 bridgehead atoms. The van der Waals surface area contributed by atoms with Crippen molar-refractivity contribution in [3.8, 4) is 5.75 Å². The molecular weight excluding hydrogens is 402 g/mol. The fourth-order valence-corrected chi connectivity index (χ4v) is 3.33. The van der Waals surface area contributed by atoms with Crippen LogP contribution in [0.3, 0.4) is 0 Å². The van der Waals surface area contributed by atoms with Crippen molar-refractivity contribution in [3.05, 3.63) is 84.4 Å². The Bertz CT molecular complexity index is 1020. The number of amides is 2. The zero-order valence-corrected chi connectivity index (χ0v) is 18.7. The third-order valence-electron chi connectivity index (χ3n) is 4.83. The van der Waals surface area contributed by atoms with E-state index in [1.807, 2.05) is 63.2 Å². The molecule has 0 aliphatic carbocycles. The van der Waals surface area contributed by atoms with Crippen molar-refractivity contribution in [1.29, 1.82) is 0 Å². The van der Waals surface area contributed by atoms with Gasteiger partial charge >= 0.3 is 0 Å². The molecule has 166 valence electrons. The van der Waals surface area contributed by atoms with Gasteiger partial charge in [0.1, 0.15) is 5.75 Å². The van der Waals surface area contributed by atoms with Gasteiger partial charge in [-0.15, -0.1) is 0 Å². The van der Waals surface area contributed by atoms with Crippen molar-refractivity contribution in [2.75, 3.05) is 28.7 Å². The molecule has 32 heavy (non-hydrogen) atoms. The zero-order valence-electron chi connectivity index (χ0n) is 18.7. The molecule has 0 saturated carbocycles. The van der Waals surface area contributed by atoms with Crippen LogP contribution in [0.4, 0.5) is 17.1 Å². The number of ether oxygens (including phenoxy) is 1. The van der Waals surface area contributed by atoms with E-state index in [2.05, 4.69) is 10.6 Å². The molecule has 0 heterocycles. The van der Waals surface area contributed by atoms with Gasteiger partial charge in [-0.3, -0.25) is 9.59 Å². The summed E-state index contributed by atoms with van der Waals surface area (Å²) < 4.78 is 5.41. The third kappa shape index (κ3) is 6.11. The van der Waals surface area contributed by atoms with Gasteiger partial charge in [0.2, 0.25) is 5.91 Å². The van der Waals surface area contributed by atoms with Gasteiger partial charge in [-0.25, -0.2) is 0 Å². The van der Waals surface area contributed by atoms with Crippen molar-refractivity contribution in [1.82, 2.24) is 0 Å². The van der Waals surface area contributed by atoms with Crippen LogP contribution in [-0.2, 0) is 4.79 Å². The lowest BCUT2D eigenvalue weighted by molar-refractivity contribution is -0.117. The van der Waals surface area contributed by atoms with Gasteiger partial charge in [0.05, 0.1) is 13.2 Å². The van der Waals surface area contributed by atoms with E-state index < -0.39 is 0 Å². The Labute approximate surface area is 189 Å². The fraction of sp³-hybridized carbons (Fsp3) is 0.231. The predicted molar refractivity (Wildman–Crippen MR) is 130 cm³/mol. The number of hydrogen-bond acceptors (Lipinski definition) is 4. The number of nitrogens with one attached hydrogen (secondary N) is 2. The number of carbonyl (C=O) groups excluding carboxylic acids is 2. The van der Waals surface area contributed by atoms with Crippen LogP contribution in [0.5, 0.6) is 5.75 Å². The minimum absolute atomic E-state index is 0.0245. The van der Waals surface area contributed by atoms with Crippen LogP contribution in [-0.4, -0.2) is 31.0 Å². The third-order valence-corrected chi connectivity index (χ3v) is 4.83. The fourth-order valence-electron chi connectivity index (χ4n) is 3.33. The van der Waals surface area contributed by atoms with Crippen molar-refractivity contribution < 1.29 is 14.3 Å². The molecule has 0 unspecified atom stereocenters. The first kappa shape index (κ1) is 22.9. The first-order chi connectivity index (χ1) is 15.5. The van der Waals surface area contributed by atoms with Crippen LogP contribution in [0, 0.1) is 0 Å². The van der Waals surface area contributed by atoms with Crippen LogP contribution in [0.25, 0.3) is 0 Å². The maximum atomic E-state index is 12.8. The highest BCUT2D eigenvalue weighted by molar-refractivity contribution is 6.04. The minimum Gasteiger partial charge on any atom is -0.494 e. The minimum atomic E-state index is -0.202. The molecular formula is C26H29N3O3. The number of para-hydroxylation sites is 1. The molecule has 0 atom stereocenters. The summed E-state index contributed by atoms with van der Waals surface area (Å²) in [6.45, 7) is 6.66. The maximum absolute atomic E-state index is 12.8. The highest BCUT2D eigenvalue weighted by Gasteiger charge is 2.18. The van der Waals surface area contributed by atoms with E-state index in [0.29, 0.717) is 17.9 Å². The lowest BCUT2D eigenvalue weighted by Gasteiger charge is -2.27. The van der Waals surface area contributed by atoms with E-state index in [1.165, 1.54) is 0 Å². The number of benzene rings is 3. The van der Waals surface area contributed by atoms with Crippen LogP contribution < -0.4 is 20.3 Å². The topological polar surface area (TPSA) is 70.7 Å². The standard InChI is InChI=1S/C26H29N3O3/c1-4-32-24-16-14-22(15-17-24)28-26(31)20-10-12-21(13-11-20)27-18-25(30)29(19(2)3)23-8-6-5-7-9-23/h5-17,19,27H,4,18H2,1-3H3,(H,28,31). The van der Waals surface area contributed by atoms with E-state index in [9.17, 15) is 9.59 Å². The lowest BCUT2D eigenvalue weighted by atomic mass is 10.2. The van der Waals surface area contributed by atoms with E-state index in [-0.39, 0.29) is 24.4 Å². The number of anilines is 3. The van der Waals surface area contributed by atoms with Crippen molar-refractivity contribution in [3.63, 3.8) is 0 Å². The second kappa shape index (κ2) is 11.0. The molecule has 0 aromatic heterocycles. The van der Waals surface area contributed by atoms with Gasteiger partial charge in [-0.1, -0.05) is 18.2 Å². The van der Waals surface area contributed by atoms with Crippen LogP contribution in [0.15, 0.2) is 78.9 Å². The van der Waals surface area contributed by atoms with Gasteiger partial charge in [-0.05, 0) is 81.4 Å². The summed E-state index contributed by atoms with van der Waals surface area (Å²) in [4.78, 5) is 27.1. The molecule has 0 fully saturated rings. The van der Waals surface area contributed by atoms with Gasteiger partial charge in [0, 0.05) is 28.7 Å². The number of nitrogens with zero attached hydrogens (tertiary/aromatic N) is 1. The monoisotopic (exact) mass is 431 g/mol. The summed E-state index contributed by atoms with van der Waals surface area (Å²) in [5, 5.41) is 6.01. The van der Waals surface area contributed by atoms with E-state index >= 15 is 0 Å². The van der Waals surface area contributed by atoms with Crippen molar-refractivity contribution in [2.45, 2.75) is 26.8 Å². The predicted octanol–water partition coefficient (Wildman–Crippen LogP) is 5.19. The summed E-state index contributed by atoms with van der Waals surface area (Å²) in [6, 6.07) is 24.0. The number of rotatable bonds is 9. The van der Waals surface area contributed by atoms with E-state index in [0.717, 1.165) is 17.1 Å². The summed E-state index contributed by atoms with van der Waals surface area (Å²) in [5.74, 6) is 0.536. The quantitative estimate of drug-likeness (QED) is 0.489. The summed E-state index contributed by atoms with van der Waals surface area (Å²) in [6.07, 6.45) is 0. The normalized spacial score (nSPS) is 10.5. The summed E-state index contributed by atoms with van der Waals surface area (Å²) >= 11 is 0. The summed E-state index contributed by atoms with van der Waals surface area (Å²) in [7, 11) is 0. The molecule has 0 saturated heterocycles. The highest BCUT2D eigenvalue weighted by atomic mass is 16.5. The zero-order chi connectivity index (χ0) is 22.9. The number of carbonyl (C=O) groups is 2. The first-order valence-electron chi connectivity index (χ1n) is 10.7. The van der Waals surface area contributed by atoms with Crippen molar-refractivity contribution in [2.24, 2.45) is 0 Å². The molecule has 3 aromatic rings.